The molecular weight excluding hydrogens is 332 g/mol. The third-order valence-electron chi connectivity index (χ3n) is 3.06. The summed E-state index contributed by atoms with van der Waals surface area (Å²) in [6.07, 6.45) is 2.12. The van der Waals surface area contributed by atoms with Crippen molar-refractivity contribution in [1.82, 2.24) is 15.3 Å². The van der Waals surface area contributed by atoms with Crippen molar-refractivity contribution in [2.24, 2.45) is 5.10 Å². The highest BCUT2D eigenvalue weighted by Gasteiger charge is 2.24. The molecule has 6 nitrogen and oxygen atoms in total. The first-order chi connectivity index (χ1) is 9.93. The van der Waals surface area contributed by atoms with Gasteiger partial charge in [0.15, 0.2) is 5.84 Å². The topological polar surface area (TPSA) is 90.4 Å². The van der Waals surface area contributed by atoms with Crippen molar-refractivity contribution in [3.8, 4) is 0 Å². The van der Waals surface area contributed by atoms with Gasteiger partial charge in [0.25, 0.3) is 0 Å². The summed E-state index contributed by atoms with van der Waals surface area (Å²) in [5, 5.41) is 17.0. The van der Waals surface area contributed by atoms with Gasteiger partial charge in [-0.1, -0.05) is 6.58 Å². The Morgan fingerprint density at radius 2 is 2.29 bits per heavy atom. The van der Waals surface area contributed by atoms with Crippen LogP contribution in [0.15, 0.2) is 45.4 Å². The normalized spacial score (nSPS) is 15.9. The van der Waals surface area contributed by atoms with Crippen LogP contribution in [0.4, 0.5) is 5.82 Å². The van der Waals surface area contributed by atoms with Gasteiger partial charge in [-0.25, -0.2) is 9.99 Å². The molecule has 1 aromatic heterocycles. The Hall–Kier alpha value is -2.15. The second-order valence-corrected chi connectivity index (χ2v) is 5.41. The Morgan fingerprint density at radius 3 is 2.90 bits per heavy atom. The Morgan fingerprint density at radius 1 is 1.57 bits per heavy atom. The number of aromatic nitrogens is 1. The molecule has 0 aliphatic carbocycles. The lowest BCUT2D eigenvalue weighted by molar-refractivity contribution is 0.496. The second kappa shape index (κ2) is 6.09. The molecule has 2 heterocycles. The van der Waals surface area contributed by atoms with E-state index >= 15 is 0 Å². The average Bonchev–Trinajstić information content (AvgIpc) is 2.43. The van der Waals surface area contributed by atoms with Gasteiger partial charge < -0.3 is 11.1 Å². The number of pyridine rings is 1. The number of nitrogens with zero attached hydrogens (tertiary/aromatic N) is 3. The molecule has 0 atom stereocenters. The van der Waals surface area contributed by atoms with Crippen molar-refractivity contribution in [1.29, 1.82) is 5.41 Å². The second-order valence-electron chi connectivity index (χ2n) is 4.56. The molecule has 0 saturated heterocycles. The molecule has 110 valence electrons. The predicted octanol–water partition coefficient (Wildman–Crippen LogP) is 2.60. The number of halogens is 1. The van der Waals surface area contributed by atoms with Crippen LogP contribution < -0.4 is 11.1 Å². The van der Waals surface area contributed by atoms with Crippen LogP contribution in [-0.2, 0) is 6.42 Å². The van der Waals surface area contributed by atoms with Crippen LogP contribution in [0.5, 0.6) is 0 Å². The molecule has 1 aromatic rings. The first kappa shape index (κ1) is 15.2. The van der Waals surface area contributed by atoms with Gasteiger partial charge in [-0.05, 0) is 41.9 Å². The van der Waals surface area contributed by atoms with Crippen molar-refractivity contribution in [2.75, 3.05) is 5.73 Å². The summed E-state index contributed by atoms with van der Waals surface area (Å²) in [4.78, 5) is 4.32. The van der Waals surface area contributed by atoms with Crippen molar-refractivity contribution < 1.29 is 0 Å². The van der Waals surface area contributed by atoms with Gasteiger partial charge in [0, 0.05) is 29.6 Å². The monoisotopic (exact) mass is 348 g/mol. The van der Waals surface area contributed by atoms with Crippen molar-refractivity contribution in [3.63, 3.8) is 0 Å². The molecule has 0 radical (unpaired) electrons. The van der Waals surface area contributed by atoms with E-state index in [0.717, 1.165) is 21.4 Å². The van der Waals surface area contributed by atoms with Gasteiger partial charge in [0.05, 0.1) is 4.47 Å². The Labute approximate surface area is 132 Å². The SMILES string of the molecule is C=C1NC(C)=C(Cc2ccc(Br)c(N)n2)C(=N)N1/N=C\C. The number of hydrogen-bond acceptors (Lipinski definition) is 5. The summed E-state index contributed by atoms with van der Waals surface area (Å²) < 4.78 is 0.763. The number of hydrazone groups is 1. The molecule has 0 saturated carbocycles. The molecule has 0 unspecified atom stereocenters. The zero-order valence-electron chi connectivity index (χ0n) is 11.9. The van der Waals surface area contributed by atoms with Crippen LogP contribution in [0, 0.1) is 5.41 Å². The van der Waals surface area contributed by atoms with Gasteiger partial charge in [-0.15, -0.1) is 0 Å². The van der Waals surface area contributed by atoms with E-state index in [1.165, 1.54) is 5.01 Å². The van der Waals surface area contributed by atoms with E-state index in [2.05, 4.69) is 37.9 Å². The van der Waals surface area contributed by atoms with Gasteiger partial charge in [0.2, 0.25) is 0 Å². The molecule has 0 bridgehead atoms. The van der Waals surface area contributed by atoms with Crippen LogP contribution >= 0.6 is 15.9 Å². The van der Waals surface area contributed by atoms with Gasteiger partial charge in [-0.2, -0.15) is 5.10 Å². The van der Waals surface area contributed by atoms with E-state index in [1.807, 2.05) is 19.1 Å². The highest BCUT2D eigenvalue weighted by Crippen LogP contribution is 2.23. The number of hydrogen-bond donors (Lipinski definition) is 3. The number of rotatable bonds is 3. The fraction of sp³-hybridized carbons (Fsp3) is 0.214. The molecule has 0 amide bonds. The summed E-state index contributed by atoms with van der Waals surface area (Å²) in [6, 6.07) is 3.74. The number of nitrogen functional groups attached to an aromatic ring is 1. The van der Waals surface area contributed by atoms with Crippen LogP contribution in [0.1, 0.15) is 19.5 Å². The quantitative estimate of drug-likeness (QED) is 0.732. The molecule has 1 aliphatic heterocycles. The molecular formula is C14H17BrN6. The fourth-order valence-electron chi connectivity index (χ4n) is 2.02. The Balaban J connectivity index is 2.33. The Kier molecular flexibility index (Phi) is 4.42. The number of nitrogens with two attached hydrogens (primary N) is 1. The van der Waals surface area contributed by atoms with Gasteiger partial charge in [-0.3, -0.25) is 5.41 Å². The predicted molar refractivity (Wildman–Crippen MR) is 88.8 cm³/mol. The highest BCUT2D eigenvalue weighted by molar-refractivity contribution is 9.10. The lowest BCUT2D eigenvalue weighted by Crippen LogP contribution is -2.39. The van der Waals surface area contributed by atoms with E-state index in [0.29, 0.717) is 18.1 Å². The summed E-state index contributed by atoms with van der Waals surface area (Å²) in [5.41, 5.74) is 8.28. The summed E-state index contributed by atoms with van der Waals surface area (Å²) in [5.74, 6) is 1.29. The number of allylic oxidation sites excluding steroid dienone is 1. The lowest BCUT2D eigenvalue weighted by atomic mass is 10.0. The van der Waals surface area contributed by atoms with E-state index in [9.17, 15) is 0 Å². The number of nitrogens with one attached hydrogen (secondary N) is 2. The van der Waals surface area contributed by atoms with Crippen LogP contribution in [-0.4, -0.2) is 22.0 Å². The van der Waals surface area contributed by atoms with Gasteiger partial charge >= 0.3 is 0 Å². The lowest BCUT2D eigenvalue weighted by Gasteiger charge is -2.30. The molecule has 2 rings (SSSR count). The largest absolute Gasteiger partial charge is 0.383 e. The standard InChI is InChI=1S/C14H17BrN6/c1-4-18-21-9(3)19-8(2)11(14(21)17)7-10-5-6-12(15)13(16)20-10/h4-6,17,19H,3,7H2,1-2H3,(H2,16,20)/b17-14?,18-4-. The van der Waals surface area contributed by atoms with Crippen molar-refractivity contribution in [2.45, 2.75) is 20.3 Å². The van der Waals surface area contributed by atoms with E-state index in [4.69, 9.17) is 11.1 Å². The first-order valence-electron chi connectivity index (χ1n) is 6.38. The summed E-state index contributed by atoms with van der Waals surface area (Å²) in [7, 11) is 0. The van der Waals surface area contributed by atoms with Crippen LogP contribution in [0.25, 0.3) is 0 Å². The maximum absolute atomic E-state index is 8.30. The zero-order chi connectivity index (χ0) is 15.6. The smallest absolute Gasteiger partial charge is 0.153 e. The third-order valence-corrected chi connectivity index (χ3v) is 3.73. The minimum atomic E-state index is 0.289. The molecule has 4 N–H and O–H groups in total. The molecule has 21 heavy (non-hydrogen) atoms. The highest BCUT2D eigenvalue weighted by atomic mass is 79.9. The number of anilines is 1. The molecule has 1 aliphatic rings. The minimum Gasteiger partial charge on any atom is -0.383 e. The molecule has 0 aromatic carbocycles. The van der Waals surface area contributed by atoms with Crippen LogP contribution in [0.2, 0.25) is 0 Å². The average molecular weight is 349 g/mol. The van der Waals surface area contributed by atoms with Crippen LogP contribution in [0.3, 0.4) is 0 Å². The fourth-order valence-corrected chi connectivity index (χ4v) is 2.24. The van der Waals surface area contributed by atoms with E-state index in [1.54, 1.807) is 13.1 Å². The Bertz CT molecular complexity index is 661. The molecule has 0 spiro atoms. The summed E-state index contributed by atoms with van der Waals surface area (Å²) in [6.45, 7) is 7.57. The number of amidine groups is 1. The van der Waals surface area contributed by atoms with Gasteiger partial charge in [0.1, 0.15) is 11.6 Å². The van der Waals surface area contributed by atoms with Crippen molar-refractivity contribution >= 4 is 33.8 Å². The first-order valence-corrected chi connectivity index (χ1v) is 7.17. The zero-order valence-corrected chi connectivity index (χ0v) is 13.5. The maximum atomic E-state index is 8.30. The third kappa shape index (κ3) is 3.13. The van der Waals surface area contributed by atoms with E-state index in [-0.39, 0.29) is 5.84 Å². The van der Waals surface area contributed by atoms with Crippen molar-refractivity contribution in [3.05, 3.63) is 46.0 Å². The maximum Gasteiger partial charge on any atom is 0.153 e. The minimum absolute atomic E-state index is 0.289. The molecule has 7 heteroatoms. The molecule has 0 fully saturated rings. The van der Waals surface area contributed by atoms with E-state index < -0.39 is 0 Å². The summed E-state index contributed by atoms with van der Waals surface area (Å²) >= 11 is 3.32.